The molecule has 3 aromatic carbocycles. The number of aromatic nitrogens is 1. The molecule has 1 aliphatic rings. The van der Waals surface area contributed by atoms with Crippen LogP contribution in [0.2, 0.25) is 0 Å². The number of hydrogen-bond donors (Lipinski definition) is 3. The zero-order chi connectivity index (χ0) is 22.8. The average molecular weight is 437 g/mol. The number of nitrogens with zero attached hydrogens (tertiary/aromatic N) is 2. The van der Waals surface area contributed by atoms with E-state index in [0.29, 0.717) is 33.8 Å². The summed E-state index contributed by atoms with van der Waals surface area (Å²) in [4.78, 5) is 31.7. The normalized spacial score (nSPS) is 13.5. The lowest BCUT2D eigenvalue weighted by Crippen LogP contribution is -2.35. The van der Waals surface area contributed by atoms with Gasteiger partial charge in [-0.3, -0.25) is 15.1 Å². The Balaban J connectivity index is 1.50. The van der Waals surface area contributed by atoms with E-state index in [1.165, 1.54) is 6.07 Å². The number of amides is 1. The third kappa shape index (κ3) is 4.52. The SMILES string of the molecule is N#Cc1cccc(C(=O)NC(=Nc2ccccc2C2CC2)Nc2ccc3[nH]c(=O)oc3c2)c1. The molecule has 0 radical (unpaired) electrons. The number of benzene rings is 3. The lowest BCUT2D eigenvalue weighted by Gasteiger charge is -2.13. The fourth-order valence-electron chi connectivity index (χ4n) is 3.61. The van der Waals surface area contributed by atoms with Gasteiger partial charge >= 0.3 is 5.76 Å². The van der Waals surface area contributed by atoms with Gasteiger partial charge in [0.2, 0.25) is 5.96 Å². The predicted octanol–water partition coefficient (Wildman–Crippen LogP) is 4.40. The third-order valence-electron chi connectivity index (χ3n) is 5.36. The maximum Gasteiger partial charge on any atom is 0.417 e. The zero-order valence-corrected chi connectivity index (χ0v) is 17.5. The van der Waals surface area contributed by atoms with Gasteiger partial charge in [0, 0.05) is 17.3 Å². The molecule has 0 atom stereocenters. The van der Waals surface area contributed by atoms with Gasteiger partial charge in [-0.25, -0.2) is 9.79 Å². The summed E-state index contributed by atoms with van der Waals surface area (Å²) in [5, 5.41) is 15.1. The summed E-state index contributed by atoms with van der Waals surface area (Å²) in [6, 6.07) is 21.4. The van der Waals surface area contributed by atoms with Crippen molar-refractivity contribution in [1.82, 2.24) is 10.3 Å². The van der Waals surface area contributed by atoms with Crippen LogP contribution < -0.4 is 16.4 Å². The highest BCUT2D eigenvalue weighted by atomic mass is 16.4. The fraction of sp³-hybridized carbons (Fsp3) is 0.120. The van der Waals surface area contributed by atoms with Crippen LogP contribution in [0.5, 0.6) is 0 Å². The molecule has 0 aliphatic heterocycles. The third-order valence-corrected chi connectivity index (χ3v) is 5.36. The van der Waals surface area contributed by atoms with Crippen LogP contribution in [-0.2, 0) is 0 Å². The van der Waals surface area contributed by atoms with E-state index in [-0.39, 0.29) is 5.96 Å². The molecular weight excluding hydrogens is 418 g/mol. The van der Waals surface area contributed by atoms with E-state index >= 15 is 0 Å². The second-order valence-corrected chi connectivity index (χ2v) is 7.79. The van der Waals surface area contributed by atoms with Crippen molar-refractivity contribution in [2.45, 2.75) is 18.8 Å². The van der Waals surface area contributed by atoms with E-state index in [9.17, 15) is 9.59 Å². The van der Waals surface area contributed by atoms with Crippen LogP contribution in [-0.4, -0.2) is 16.9 Å². The standard InChI is InChI=1S/C25H19N5O3/c26-14-15-4-3-5-17(12-15)23(31)30-24(28-20-7-2-1-6-19(20)16-8-9-16)27-18-10-11-21-22(13-18)33-25(32)29-21/h1-7,10-13,16H,8-9H2,(H,29,32)(H2,27,28,30,31). The molecule has 1 amide bonds. The van der Waals surface area contributed by atoms with Gasteiger partial charge in [-0.2, -0.15) is 5.26 Å². The van der Waals surface area contributed by atoms with Crippen LogP contribution in [0.3, 0.4) is 0 Å². The van der Waals surface area contributed by atoms with E-state index in [4.69, 9.17) is 14.7 Å². The molecule has 1 aromatic heterocycles. The number of nitrogens with one attached hydrogen (secondary N) is 3. The van der Waals surface area contributed by atoms with E-state index in [0.717, 1.165) is 24.1 Å². The summed E-state index contributed by atoms with van der Waals surface area (Å²) in [5.41, 5.74) is 4.16. The topological polar surface area (TPSA) is 123 Å². The zero-order valence-electron chi connectivity index (χ0n) is 17.5. The molecule has 0 unspecified atom stereocenters. The van der Waals surface area contributed by atoms with Crippen molar-refractivity contribution in [3.63, 3.8) is 0 Å². The maximum absolute atomic E-state index is 12.9. The second-order valence-electron chi connectivity index (χ2n) is 7.79. The first-order chi connectivity index (χ1) is 16.1. The second kappa shape index (κ2) is 8.48. The lowest BCUT2D eigenvalue weighted by atomic mass is 10.1. The maximum atomic E-state index is 12.9. The van der Waals surface area contributed by atoms with Gasteiger partial charge in [0.05, 0.1) is 22.8 Å². The number of guanidine groups is 1. The fourth-order valence-corrected chi connectivity index (χ4v) is 3.61. The van der Waals surface area contributed by atoms with Crippen LogP contribution in [0.1, 0.15) is 40.2 Å². The summed E-state index contributed by atoms with van der Waals surface area (Å²) < 4.78 is 5.13. The molecule has 0 saturated heterocycles. The van der Waals surface area contributed by atoms with Crippen LogP contribution in [0, 0.1) is 11.3 Å². The number of rotatable bonds is 4. The molecule has 1 heterocycles. The number of aliphatic imine (C=N–C) groups is 1. The quantitative estimate of drug-likeness (QED) is 0.323. The number of fused-ring (bicyclic) bond motifs is 1. The van der Waals surface area contributed by atoms with Crippen molar-refractivity contribution in [3.05, 3.63) is 94.0 Å². The van der Waals surface area contributed by atoms with Crippen LogP contribution in [0.15, 0.2) is 80.9 Å². The van der Waals surface area contributed by atoms with Crippen LogP contribution in [0.4, 0.5) is 11.4 Å². The Hall–Kier alpha value is -4.64. The first-order valence-electron chi connectivity index (χ1n) is 10.5. The molecule has 33 heavy (non-hydrogen) atoms. The van der Waals surface area contributed by atoms with Crippen LogP contribution in [0.25, 0.3) is 11.1 Å². The van der Waals surface area contributed by atoms with E-state index in [1.54, 1.807) is 36.4 Å². The molecule has 1 saturated carbocycles. The Morgan fingerprint density at radius 3 is 2.76 bits per heavy atom. The molecule has 1 aliphatic carbocycles. The van der Waals surface area contributed by atoms with Gasteiger partial charge in [0.1, 0.15) is 0 Å². The summed E-state index contributed by atoms with van der Waals surface area (Å²) in [6.45, 7) is 0. The van der Waals surface area contributed by atoms with Gasteiger partial charge in [-0.1, -0.05) is 24.3 Å². The molecule has 162 valence electrons. The molecule has 8 heteroatoms. The van der Waals surface area contributed by atoms with Gasteiger partial charge in [-0.05, 0) is 60.7 Å². The molecule has 0 spiro atoms. The van der Waals surface area contributed by atoms with Gasteiger partial charge < -0.3 is 9.73 Å². The molecule has 8 nitrogen and oxygen atoms in total. The number of carbonyl (C=O) groups excluding carboxylic acids is 1. The summed E-state index contributed by atoms with van der Waals surface area (Å²) >= 11 is 0. The van der Waals surface area contributed by atoms with Crippen molar-refractivity contribution in [3.8, 4) is 6.07 Å². The highest BCUT2D eigenvalue weighted by molar-refractivity contribution is 6.11. The van der Waals surface area contributed by atoms with Crippen molar-refractivity contribution in [2.75, 3.05) is 5.32 Å². The Morgan fingerprint density at radius 1 is 1.09 bits per heavy atom. The highest BCUT2D eigenvalue weighted by Gasteiger charge is 2.26. The summed E-state index contributed by atoms with van der Waals surface area (Å²) in [5.74, 6) is -0.260. The predicted molar refractivity (Wildman–Crippen MR) is 125 cm³/mol. The summed E-state index contributed by atoms with van der Waals surface area (Å²) in [6.07, 6.45) is 2.23. The smallest absolute Gasteiger partial charge is 0.408 e. The number of oxazole rings is 1. The van der Waals surface area contributed by atoms with Crippen molar-refractivity contribution in [1.29, 1.82) is 5.26 Å². The Kier molecular flexibility index (Phi) is 5.21. The number of aromatic amines is 1. The first kappa shape index (κ1) is 20.3. The van der Waals surface area contributed by atoms with Crippen molar-refractivity contribution >= 4 is 34.3 Å². The molecule has 1 fully saturated rings. The molecule has 4 aromatic rings. The van der Waals surface area contributed by atoms with Gasteiger partial charge in [-0.15, -0.1) is 0 Å². The minimum Gasteiger partial charge on any atom is -0.408 e. The molecular formula is C25H19N5O3. The van der Waals surface area contributed by atoms with Crippen molar-refractivity contribution < 1.29 is 9.21 Å². The highest BCUT2D eigenvalue weighted by Crippen LogP contribution is 2.44. The molecule has 5 rings (SSSR count). The van der Waals surface area contributed by atoms with Crippen LogP contribution >= 0.6 is 0 Å². The van der Waals surface area contributed by atoms with Crippen molar-refractivity contribution in [2.24, 2.45) is 4.99 Å². The average Bonchev–Trinajstić information content (AvgIpc) is 3.60. The minimum absolute atomic E-state index is 0.215. The molecule has 0 bridgehead atoms. The number of carbonyl (C=O) groups is 1. The number of para-hydroxylation sites is 1. The lowest BCUT2D eigenvalue weighted by molar-refractivity contribution is 0.0977. The monoisotopic (exact) mass is 437 g/mol. The van der Waals surface area contributed by atoms with E-state index in [1.807, 2.05) is 30.3 Å². The Morgan fingerprint density at radius 2 is 1.94 bits per heavy atom. The minimum atomic E-state index is -0.542. The van der Waals surface area contributed by atoms with Gasteiger partial charge in [0.15, 0.2) is 5.58 Å². The van der Waals surface area contributed by atoms with E-state index in [2.05, 4.69) is 15.6 Å². The Bertz CT molecular complexity index is 1490. The number of anilines is 1. The largest absolute Gasteiger partial charge is 0.417 e. The molecule has 3 N–H and O–H groups in total. The number of H-pyrrole nitrogens is 1. The first-order valence-corrected chi connectivity index (χ1v) is 10.5. The van der Waals surface area contributed by atoms with Gasteiger partial charge in [0.25, 0.3) is 5.91 Å². The Labute approximate surface area is 188 Å². The summed E-state index contributed by atoms with van der Waals surface area (Å²) in [7, 11) is 0. The number of hydrogen-bond acceptors (Lipinski definition) is 5. The number of nitriles is 1. The van der Waals surface area contributed by atoms with E-state index < -0.39 is 11.7 Å².